The minimum absolute atomic E-state index is 0.0191. The van der Waals surface area contributed by atoms with Gasteiger partial charge in [0.1, 0.15) is 5.76 Å². The molecule has 2 aliphatic carbocycles. The minimum atomic E-state index is -0.304. The molecule has 5 heteroatoms. The summed E-state index contributed by atoms with van der Waals surface area (Å²) in [4.78, 5) is 27.0. The first-order valence-electron chi connectivity index (χ1n) is 7.48. The Balaban J connectivity index is 1.71. The van der Waals surface area contributed by atoms with Crippen molar-refractivity contribution in [3.8, 4) is 0 Å². The lowest BCUT2D eigenvalue weighted by Gasteiger charge is -2.24. The maximum atomic E-state index is 12.8. The van der Waals surface area contributed by atoms with Gasteiger partial charge in [0.2, 0.25) is 11.8 Å². The number of nitrogens with zero attached hydrogens (tertiary/aromatic N) is 2. The molecule has 0 radical (unpaired) electrons. The Morgan fingerprint density at radius 1 is 1.19 bits per heavy atom. The van der Waals surface area contributed by atoms with E-state index in [1.54, 1.807) is 0 Å². The molecule has 2 fully saturated rings. The number of carbonyl (C=O) groups excluding carboxylic acids is 2. The number of allylic oxidation sites excluding steroid dienone is 2. The van der Waals surface area contributed by atoms with Crippen molar-refractivity contribution in [2.45, 2.75) is 33.2 Å². The first-order chi connectivity index (χ1) is 10.0. The van der Waals surface area contributed by atoms with E-state index < -0.39 is 0 Å². The molecule has 2 amide bonds. The minimum Gasteiger partial charge on any atom is -0.361 e. The first kappa shape index (κ1) is 12.8. The van der Waals surface area contributed by atoms with Crippen molar-refractivity contribution < 1.29 is 14.1 Å². The molecule has 1 aromatic heterocycles. The van der Waals surface area contributed by atoms with Crippen LogP contribution in [-0.4, -0.2) is 21.9 Å². The Morgan fingerprint density at radius 2 is 1.76 bits per heavy atom. The largest absolute Gasteiger partial charge is 0.361 e. The van der Waals surface area contributed by atoms with E-state index in [-0.39, 0.29) is 41.5 Å². The van der Waals surface area contributed by atoms with Crippen LogP contribution >= 0.6 is 0 Å². The third-order valence-corrected chi connectivity index (χ3v) is 5.40. The predicted octanol–water partition coefficient (Wildman–Crippen LogP) is 2.16. The molecule has 0 N–H and O–H groups in total. The van der Waals surface area contributed by atoms with Gasteiger partial charge >= 0.3 is 0 Å². The van der Waals surface area contributed by atoms with Gasteiger partial charge in [-0.1, -0.05) is 17.3 Å². The third-order valence-electron chi connectivity index (χ3n) is 5.40. The van der Waals surface area contributed by atoms with Crippen LogP contribution < -0.4 is 0 Å². The van der Waals surface area contributed by atoms with E-state index in [0.29, 0.717) is 5.76 Å². The molecular weight excluding hydrogens is 268 g/mol. The maximum Gasteiger partial charge on any atom is 0.234 e. The molecule has 5 nitrogen and oxygen atoms in total. The van der Waals surface area contributed by atoms with Crippen molar-refractivity contribution >= 4 is 11.8 Å². The maximum absolute atomic E-state index is 12.8. The van der Waals surface area contributed by atoms with Gasteiger partial charge in [0.05, 0.1) is 23.6 Å². The lowest BCUT2D eigenvalue weighted by molar-refractivity contribution is -0.143. The van der Waals surface area contributed by atoms with Gasteiger partial charge in [-0.15, -0.1) is 0 Å². The van der Waals surface area contributed by atoms with Crippen molar-refractivity contribution in [2.24, 2.45) is 23.7 Å². The monoisotopic (exact) mass is 286 g/mol. The Kier molecular flexibility index (Phi) is 2.47. The lowest BCUT2D eigenvalue weighted by atomic mass is 9.85. The van der Waals surface area contributed by atoms with Gasteiger partial charge < -0.3 is 4.52 Å². The summed E-state index contributed by atoms with van der Waals surface area (Å²) >= 11 is 0. The summed E-state index contributed by atoms with van der Waals surface area (Å²) in [6, 6.07) is -0.304. The van der Waals surface area contributed by atoms with Crippen molar-refractivity contribution in [2.75, 3.05) is 0 Å². The molecule has 4 rings (SSSR count). The summed E-state index contributed by atoms with van der Waals surface area (Å²) in [6.45, 7) is 5.56. The van der Waals surface area contributed by atoms with Crippen LogP contribution in [0, 0.1) is 37.5 Å². The molecule has 21 heavy (non-hydrogen) atoms. The smallest absolute Gasteiger partial charge is 0.234 e. The lowest BCUT2D eigenvalue weighted by Crippen LogP contribution is -2.35. The van der Waals surface area contributed by atoms with E-state index in [2.05, 4.69) is 17.3 Å². The predicted molar refractivity (Wildman–Crippen MR) is 74.0 cm³/mol. The third kappa shape index (κ3) is 1.49. The second kappa shape index (κ2) is 4.06. The molecule has 1 saturated heterocycles. The first-order valence-corrected chi connectivity index (χ1v) is 7.48. The molecule has 0 unspecified atom stereocenters. The van der Waals surface area contributed by atoms with E-state index >= 15 is 0 Å². The van der Waals surface area contributed by atoms with E-state index in [1.165, 1.54) is 4.90 Å². The number of imide groups is 1. The van der Waals surface area contributed by atoms with Gasteiger partial charge in [0.15, 0.2) is 0 Å². The Bertz CT molecular complexity index is 626. The van der Waals surface area contributed by atoms with Crippen molar-refractivity contribution in [3.63, 3.8) is 0 Å². The zero-order valence-corrected chi connectivity index (χ0v) is 12.4. The topological polar surface area (TPSA) is 63.4 Å². The Labute approximate surface area is 123 Å². The molecule has 0 spiro atoms. The highest BCUT2D eigenvalue weighted by atomic mass is 16.5. The summed E-state index contributed by atoms with van der Waals surface area (Å²) in [5.74, 6) is 0.852. The molecule has 0 aromatic carbocycles. The molecule has 1 aromatic rings. The van der Waals surface area contributed by atoms with Gasteiger partial charge in [-0.2, -0.15) is 0 Å². The molecule has 5 atom stereocenters. The SMILES string of the molecule is Cc1noc(C)c1[C@H](C)N1C(=O)[C@H]2[C@H](C1=O)[C@H]1C=C[C@H]2C1. The van der Waals surface area contributed by atoms with Crippen LogP contribution in [0.1, 0.15) is 36.4 Å². The van der Waals surface area contributed by atoms with E-state index in [9.17, 15) is 9.59 Å². The van der Waals surface area contributed by atoms with Crippen molar-refractivity contribution in [1.82, 2.24) is 10.1 Å². The highest BCUT2D eigenvalue weighted by molar-refractivity contribution is 6.06. The summed E-state index contributed by atoms with van der Waals surface area (Å²) in [6.07, 6.45) is 5.18. The van der Waals surface area contributed by atoms with E-state index in [0.717, 1.165) is 17.7 Å². The second-order valence-electron chi connectivity index (χ2n) is 6.46. The van der Waals surface area contributed by atoms with Gasteiger partial charge in [-0.3, -0.25) is 14.5 Å². The molecule has 1 aliphatic heterocycles. The quantitative estimate of drug-likeness (QED) is 0.617. The Morgan fingerprint density at radius 3 is 2.24 bits per heavy atom. The fourth-order valence-corrected chi connectivity index (χ4v) is 4.52. The van der Waals surface area contributed by atoms with Gasteiger partial charge in [-0.05, 0) is 39.0 Å². The summed E-state index contributed by atoms with van der Waals surface area (Å²) in [5.41, 5.74) is 1.61. The van der Waals surface area contributed by atoms with Gasteiger partial charge in [-0.25, -0.2) is 0 Å². The van der Waals surface area contributed by atoms with E-state index in [1.807, 2.05) is 20.8 Å². The molecular formula is C16H18N2O3. The van der Waals surface area contributed by atoms with Crippen LogP contribution in [0.2, 0.25) is 0 Å². The fraction of sp³-hybridized carbons (Fsp3) is 0.562. The average Bonchev–Trinajstić information content (AvgIpc) is 3.16. The fourth-order valence-electron chi connectivity index (χ4n) is 4.52. The van der Waals surface area contributed by atoms with E-state index in [4.69, 9.17) is 4.52 Å². The number of rotatable bonds is 2. The number of hydrogen-bond donors (Lipinski definition) is 0. The number of likely N-dealkylation sites (tertiary alicyclic amines) is 1. The molecule has 2 heterocycles. The zero-order chi connectivity index (χ0) is 14.9. The summed E-state index contributed by atoms with van der Waals surface area (Å²) in [7, 11) is 0. The highest BCUT2D eigenvalue weighted by Gasteiger charge is 2.60. The highest BCUT2D eigenvalue weighted by Crippen LogP contribution is 2.53. The van der Waals surface area contributed by atoms with Crippen LogP contribution in [0.4, 0.5) is 0 Å². The molecule has 3 aliphatic rings. The van der Waals surface area contributed by atoms with Crippen LogP contribution in [0.25, 0.3) is 0 Å². The number of carbonyl (C=O) groups is 2. The number of aromatic nitrogens is 1. The van der Waals surface area contributed by atoms with Gasteiger partial charge in [0, 0.05) is 5.56 Å². The number of hydrogen-bond acceptors (Lipinski definition) is 4. The van der Waals surface area contributed by atoms with Crippen LogP contribution in [-0.2, 0) is 9.59 Å². The van der Waals surface area contributed by atoms with Crippen LogP contribution in [0.15, 0.2) is 16.7 Å². The Hall–Kier alpha value is -1.91. The number of amides is 2. The standard InChI is InChI=1S/C16H18N2O3/c1-7-12(9(3)21-17-7)8(2)18-15(19)13-10-4-5-11(6-10)14(13)16(18)20/h4-5,8,10-11,13-14H,6H2,1-3H3/t8-,10-,11-,13+,14+/m0/s1. The van der Waals surface area contributed by atoms with Crippen molar-refractivity contribution in [3.05, 3.63) is 29.2 Å². The normalized spacial score (nSPS) is 34.9. The van der Waals surface area contributed by atoms with Crippen LogP contribution in [0.5, 0.6) is 0 Å². The van der Waals surface area contributed by atoms with Crippen molar-refractivity contribution in [1.29, 1.82) is 0 Å². The number of aryl methyl sites for hydroxylation is 2. The molecule has 2 bridgehead atoms. The summed E-state index contributed by atoms with van der Waals surface area (Å²) in [5, 5.41) is 3.94. The molecule has 110 valence electrons. The zero-order valence-electron chi connectivity index (χ0n) is 12.4. The van der Waals surface area contributed by atoms with Gasteiger partial charge in [0.25, 0.3) is 0 Å². The summed E-state index contributed by atoms with van der Waals surface area (Å²) < 4.78 is 5.18. The number of fused-ring (bicyclic) bond motifs is 5. The average molecular weight is 286 g/mol. The second-order valence-corrected chi connectivity index (χ2v) is 6.46. The molecule has 1 saturated carbocycles. The van der Waals surface area contributed by atoms with Crippen LogP contribution in [0.3, 0.4) is 0 Å².